The molecule has 0 radical (unpaired) electrons. The molecule has 3 heteroatoms. The van der Waals surface area contributed by atoms with Crippen LogP contribution in [-0.2, 0) is 0 Å². The van der Waals surface area contributed by atoms with E-state index in [2.05, 4.69) is 63.0 Å². The van der Waals surface area contributed by atoms with Crippen molar-refractivity contribution in [2.24, 2.45) is 0 Å². The highest BCUT2D eigenvalue weighted by atomic mass is 28.3. The zero-order chi connectivity index (χ0) is 12.8. The molecule has 0 rings (SSSR count). The molecule has 0 saturated heterocycles. The van der Waals surface area contributed by atoms with Gasteiger partial charge in [-0.15, -0.1) is 6.58 Å². The highest BCUT2D eigenvalue weighted by molar-refractivity contribution is 6.75. The van der Waals surface area contributed by atoms with Crippen LogP contribution in [0.5, 0.6) is 0 Å². The van der Waals surface area contributed by atoms with Gasteiger partial charge in [-0.1, -0.05) is 40.7 Å². The molecule has 0 N–H and O–H groups in total. The average Bonchev–Trinajstić information content (AvgIpc) is 2.30. The molecule has 0 saturated carbocycles. The number of rotatable bonds is 8. The molecule has 0 spiro atoms. The molecule has 0 aromatic rings. The molecule has 1 atom stereocenters. The quantitative estimate of drug-likeness (QED) is 0.476. The van der Waals surface area contributed by atoms with Gasteiger partial charge in [-0.3, -0.25) is 0 Å². The Hall–Kier alpha value is -0.123. The van der Waals surface area contributed by atoms with Crippen LogP contribution in [0.4, 0.5) is 0 Å². The van der Waals surface area contributed by atoms with Crippen LogP contribution in [0, 0.1) is 0 Å². The molecule has 0 aliphatic rings. The van der Waals surface area contributed by atoms with E-state index >= 15 is 0 Å². The standard InChI is InChI=1S/C13H30N2Si/c1-8-13(6)16(7,14(9-2)10-3)15(11-4)12-5/h8,13H,1,9-12H2,2-7H3. The normalized spacial score (nSPS) is 14.5. The Bertz CT molecular complexity index is 186. The third kappa shape index (κ3) is 2.96. The number of hydrogen-bond donors (Lipinski definition) is 0. The monoisotopic (exact) mass is 242 g/mol. The fourth-order valence-corrected chi connectivity index (χ4v) is 7.29. The Labute approximate surface area is 103 Å². The van der Waals surface area contributed by atoms with Crippen molar-refractivity contribution in [3.8, 4) is 0 Å². The van der Waals surface area contributed by atoms with Crippen molar-refractivity contribution in [3.05, 3.63) is 12.7 Å². The van der Waals surface area contributed by atoms with E-state index in [4.69, 9.17) is 0 Å². The second-order valence-corrected chi connectivity index (χ2v) is 8.83. The van der Waals surface area contributed by atoms with Gasteiger partial charge >= 0.3 is 0 Å². The lowest BCUT2D eigenvalue weighted by Crippen LogP contribution is -2.65. The lowest BCUT2D eigenvalue weighted by atomic mass is 10.5. The number of hydrogen-bond acceptors (Lipinski definition) is 2. The van der Waals surface area contributed by atoms with Crippen molar-refractivity contribution in [1.82, 2.24) is 9.13 Å². The van der Waals surface area contributed by atoms with Crippen molar-refractivity contribution in [2.75, 3.05) is 26.2 Å². The molecule has 0 amide bonds. The Kier molecular flexibility index (Phi) is 7.20. The number of nitrogens with zero attached hydrogens (tertiary/aromatic N) is 2. The molecule has 0 aliphatic carbocycles. The molecule has 96 valence electrons. The maximum Gasteiger partial charge on any atom is 0.210 e. The largest absolute Gasteiger partial charge is 0.312 e. The van der Waals surface area contributed by atoms with Gasteiger partial charge in [-0.25, -0.2) is 0 Å². The van der Waals surface area contributed by atoms with E-state index in [0.29, 0.717) is 5.54 Å². The molecule has 0 aliphatic heterocycles. The summed E-state index contributed by atoms with van der Waals surface area (Å²) in [4.78, 5) is 0. The van der Waals surface area contributed by atoms with Crippen LogP contribution in [0.3, 0.4) is 0 Å². The molecule has 0 fully saturated rings. The van der Waals surface area contributed by atoms with Crippen LogP contribution in [0.1, 0.15) is 34.6 Å². The molecule has 0 heterocycles. The molecular formula is C13H30N2Si. The molecule has 16 heavy (non-hydrogen) atoms. The summed E-state index contributed by atoms with van der Waals surface area (Å²) in [5.41, 5.74) is 0.604. The first kappa shape index (κ1) is 15.9. The first-order valence-corrected chi connectivity index (χ1v) is 9.12. The predicted molar refractivity (Wildman–Crippen MR) is 77.1 cm³/mol. The van der Waals surface area contributed by atoms with Gasteiger partial charge in [-0.2, -0.15) is 0 Å². The van der Waals surface area contributed by atoms with Crippen LogP contribution >= 0.6 is 0 Å². The number of allylic oxidation sites excluding steroid dienone is 1. The van der Waals surface area contributed by atoms with E-state index in [-0.39, 0.29) is 0 Å². The van der Waals surface area contributed by atoms with Gasteiger partial charge in [0.05, 0.1) is 0 Å². The van der Waals surface area contributed by atoms with Crippen LogP contribution in [-0.4, -0.2) is 43.7 Å². The molecule has 1 unspecified atom stereocenters. The van der Waals surface area contributed by atoms with Crippen molar-refractivity contribution in [1.29, 1.82) is 0 Å². The highest BCUT2D eigenvalue weighted by Gasteiger charge is 2.42. The second kappa shape index (κ2) is 7.25. The molecule has 2 nitrogen and oxygen atoms in total. The summed E-state index contributed by atoms with van der Waals surface area (Å²) >= 11 is 0. The van der Waals surface area contributed by atoms with Crippen LogP contribution < -0.4 is 0 Å². The van der Waals surface area contributed by atoms with E-state index in [1.807, 2.05) is 0 Å². The third-order valence-corrected chi connectivity index (χ3v) is 9.81. The maximum absolute atomic E-state index is 4.01. The van der Waals surface area contributed by atoms with Gasteiger partial charge < -0.3 is 9.13 Å². The summed E-state index contributed by atoms with van der Waals surface area (Å²) in [7, 11) is -1.56. The van der Waals surface area contributed by atoms with Gasteiger partial charge in [-0.05, 0) is 38.3 Å². The minimum Gasteiger partial charge on any atom is -0.312 e. The smallest absolute Gasteiger partial charge is 0.210 e. The van der Waals surface area contributed by atoms with Gasteiger partial charge in [0.25, 0.3) is 0 Å². The zero-order valence-electron chi connectivity index (χ0n) is 12.1. The van der Waals surface area contributed by atoms with E-state index in [1.165, 1.54) is 0 Å². The lowest BCUT2D eigenvalue weighted by molar-refractivity contribution is 0.349. The Balaban J connectivity index is 5.21. The van der Waals surface area contributed by atoms with Crippen molar-refractivity contribution in [2.45, 2.75) is 46.7 Å². The van der Waals surface area contributed by atoms with E-state index in [1.54, 1.807) is 0 Å². The zero-order valence-corrected chi connectivity index (χ0v) is 13.1. The Morgan fingerprint density at radius 2 is 1.31 bits per heavy atom. The van der Waals surface area contributed by atoms with Crippen LogP contribution in [0.15, 0.2) is 12.7 Å². The first-order valence-electron chi connectivity index (χ1n) is 6.65. The third-order valence-electron chi connectivity index (χ3n) is 4.02. The summed E-state index contributed by atoms with van der Waals surface area (Å²) in [5.74, 6) is 0. The van der Waals surface area contributed by atoms with Gasteiger partial charge in [0.2, 0.25) is 8.40 Å². The minimum atomic E-state index is -1.56. The van der Waals surface area contributed by atoms with E-state index in [9.17, 15) is 0 Å². The Morgan fingerprint density at radius 3 is 1.50 bits per heavy atom. The van der Waals surface area contributed by atoms with Crippen molar-refractivity contribution < 1.29 is 0 Å². The molecule has 0 bridgehead atoms. The van der Waals surface area contributed by atoms with Gasteiger partial charge in [0.1, 0.15) is 0 Å². The average molecular weight is 242 g/mol. The van der Waals surface area contributed by atoms with E-state index in [0.717, 1.165) is 26.2 Å². The summed E-state index contributed by atoms with van der Waals surface area (Å²) in [6.45, 7) is 22.5. The fraction of sp³-hybridized carbons (Fsp3) is 0.846. The summed E-state index contributed by atoms with van der Waals surface area (Å²) in [6, 6.07) is 0. The summed E-state index contributed by atoms with van der Waals surface area (Å²) < 4.78 is 5.35. The minimum absolute atomic E-state index is 0.604. The summed E-state index contributed by atoms with van der Waals surface area (Å²) in [5, 5.41) is 0. The van der Waals surface area contributed by atoms with Crippen LogP contribution in [0.25, 0.3) is 0 Å². The van der Waals surface area contributed by atoms with Crippen molar-refractivity contribution >= 4 is 8.40 Å². The van der Waals surface area contributed by atoms with Gasteiger partial charge in [0.15, 0.2) is 0 Å². The second-order valence-electron chi connectivity index (χ2n) is 4.46. The van der Waals surface area contributed by atoms with Crippen molar-refractivity contribution in [3.63, 3.8) is 0 Å². The highest BCUT2D eigenvalue weighted by Crippen LogP contribution is 2.29. The molecule has 0 aromatic heterocycles. The van der Waals surface area contributed by atoms with E-state index < -0.39 is 8.40 Å². The SMILES string of the molecule is C=CC(C)[Si](C)(N(CC)CC)N(CC)CC. The lowest BCUT2D eigenvalue weighted by Gasteiger charge is -2.48. The summed E-state index contributed by atoms with van der Waals surface area (Å²) in [6.07, 6.45) is 2.14. The fourth-order valence-electron chi connectivity index (χ4n) is 2.73. The first-order chi connectivity index (χ1) is 7.52. The molecule has 0 aromatic carbocycles. The van der Waals surface area contributed by atoms with Gasteiger partial charge in [0, 0.05) is 0 Å². The Morgan fingerprint density at radius 1 is 1.00 bits per heavy atom. The molecular weight excluding hydrogens is 212 g/mol. The van der Waals surface area contributed by atoms with Crippen LogP contribution in [0.2, 0.25) is 12.1 Å². The predicted octanol–water partition coefficient (Wildman–Crippen LogP) is 3.32. The topological polar surface area (TPSA) is 6.48 Å². The maximum atomic E-state index is 4.01.